The Morgan fingerprint density at radius 3 is 2.07 bits per heavy atom. The lowest BCUT2D eigenvalue weighted by Crippen LogP contribution is -2.36. The topological polar surface area (TPSA) is 69.0 Å². The molecule has 0 atom stereocenters. The third kappa shape index (κ3) is 2.65. The molecule has 28 heavy (non-hydrogen) atoms. The molecular formula is C22H21N3O3. The number of nitrogens with zero attached hydrogens (tertiary/aromatic N) is 2. The summed E-state index contributed by atoms with van der Waals surface area (Å²) in [5, 5.41) is 0.491. The van der Waals surface area contributed by atoms with Gasteiger partial charge in [0.05, 0.1) is 18.2 Å². The summed E-state index contributed by atoms with van der Waals surface area (Å²) >= 11 is 0. The van der Waals surface area contributed by atoms with E-state index in [4.69, 9.17) is 4.74 Å². The lowest BCUT2D eigenvalue weighted by molar-refractivity contribution is 0.415. The van der Waals surface area contributed by atoms with Crippen LogP contribution in [0.2, 0.25) is 0 Å². The van der Waals surface area contributed by atoms with Crippen molar-refractivity contribution >= 4 is 11.0 Å². The largest absolute Gasteiger partial charge is 0.497 e. The predicted octanol–water partition coefficient (Wildman–Crippen LogP) is 3.22. The van der Waals surface area contributed by atoms with Crippen LogP contribution in [0, 0.1) is 6.92 Å². The highest BCUT2D eigenvalue weighted by molar-refractivity contribution is 6.02. The number of aromatic amines is 1. The van der Waals surface area contributed by atoms with Crippen LogP contribution in [0.25, 0.3) is 33.4 Å². The van der Waals surface area contributed by atoms with E-state index in [0.29, 0.717) is 11.0 Å². The van der Waals surface area contributed by atoms with E-state index in [1.165, 1.54) is 11.6 Å². The summed E-state index contributed by atoms with van der Waals surface area (Å²) in [5.74, 6) is 0.737. The Bertz CT molecular complexity index is 1290. The summed E-state index contributed by atoms with van der Waals surface area (Å²) in [6.45, 7) is 2.03. The number of hydrogen-bond donors (Lipinski definition) is 1. The molecule has 6 heteroatoms. The molecule has 2 heterocycles. The lowest BCUT2D eigenvalue weighted by atomic mass is 9.98. The van der Waals surface area contributed by atoms with Crippen LogP contribution in [0.1, 0.15) is 5.56 Å². The number of aryl methyl sites for hydroxylation is 2. The van der Waals surface area contributed by atoms with E-state index in [0.717, 1.165) is 38.3 Å². The van der Waals surface area contributed by atoms with Gasteiger partial charge in [0.2, 0.25) is 0 Å². The molecule has 0 radical (unpaired) electrons. The fourth-order valence-corrected chi connectivity index (χ4v) is 3.50. The minimum atomic E-state index is -0.365. The van der Waals surface area contributed by atoms with Gasteiger partial charge in [-0.2, -0.15) is 0 Å². The highest BCUT2D eigenvalue weighted by Gasteiger charge is 2.21. The van der Waals surface area contributed by atoms with E-state index >= 15 is 0 Å². The van der Waals surface area contributed by atoms with Gasteiger partial charge in [0.1, 0.15) is 11.4 Å². The van der Waals surface area contributed by atoms with Gasteiger partial charge in [-0.05, 0) is 30.2 Å². The van der Waals surface area contributed by atoms with Gasteiger partial charge in [0.25, 0.3) is 5.56 Å². The van der Waals surface area contributed by atoms with Gasteiger partial charge in [-0.1, -0.05) is 42.0 Å². The average Bonchev–Trinajstić information content (AvgIpc) is 3.12. The number of benzene rings is 2. The second kappa shape index (κ2) is 6.56. The average molecular weight is 375 g/mol. The molecule has 2 aromatic carbocycles. The summed E-state index contributed by atoms with van der Waals surface area (Å²) in [7, 11) is 4.78. The molecule has 0 unspecified atom stereocenters. The van der Waals surface area contributed by atoms with Crippen molar-refractivity contribution in [2.75, 3.05) is 7.11 Å². The standard InChI is InChI=1S/C22H21N3O3/c1-13-5-7-15(8-6-13)19-17(14-9-11-16(28-4)12-10-14)18-20(23-19)24(2)22(27)25(3)21(18)26/h5-12,23H,1-4H3. The first-order chi connectivity index (χ1) is 13.4. The summed E-state index contributed by atoms with van der Waals surface area (Å²) in [6.07, 6.45) is 0. The smallest absolute Gasteiger partial charge is 0.332 e. The van der Waals surface area contributed by atoms with Crippen molar-refractivity contribution in [3.63, 3.8) is 0 Å². The van der Waals surface area contributed by atoms with E-state index in [1.54, 1.807) is 14.2 Å². The van der Waals surface area contributed by atoms with Gasteiger partial charge in [0.15, 0.2) is 0 Å². The Balaban J connectivity index is 2.14. The van der Waals surface area contributed by atoms with E-state index in [9.17, 15) is 9.59 Å². The lowest BCUT2D eigenvalue weighted by Gasteiger charge is -2.08. The number of hydrogen-bond acceptors (Lipinski definition) is 3. The van der Waals surface area contributed by atoms with Crippen molar-refractivity contribution in [3.05, 3.63) is 74.9 Å². The Morgan fingerprint density at radius 2 is 1.46 bits per heavy atom. The van der Waals surface area contributed by atoms with Crippen molar-refractivity contribution < 1.29 is 4.74 Å². The molecule has 1 N–H and O–H groups in total. The first-order valence-electron chi connectivity index (χ1n) is 8.95. The molecule has 6 nitrogen and oxygen atoms in total. The van der Waals surface area contributed by atoms with Crippen LogP contribution < -0.4 is 16.0 Å². The van der Waals surface area contributed by atoms with Crippen molar-refractivity contribution in [3.8, 4) is 28.1 Å². The molecule has 0 saturated carbocycles. The molecule has 4 aromatic rings. The molecule has 0 aliphatic rings. The highest BCUT2D eigenvalue weighted by atomic mass is 16.5. The molecular weight excluding hydrogens is 354 g/mol. The monoisotopic (exact) mass is 375 g/mol. The van der Waals surface area contributed by atoms with E-state index < -0.39 is 0 Å². The zero-order valence-electron chi connectivity index (χ0n) is 16.2. The number of ether oxygens (including phenoxy) is 1. The summed E-state index contributed by atoms with van der Waals surface area (Å²) < 4.78 is 7.88. The quantitative estimate of drug-likeness (QED) is 0.598. The molecule has 0 saturated heterocycles. The van der Waals surface area contributed by atoms with Crippen LogP contribution in [-0.2, 0) is 14.1 Å². The highest BCUT2D eigenvalue weighted by Crippen LogP contribution is 2.37. The fourth-order valence-electron chi connectivity index (χ4n) is 3.50. The Kier molecular flexibility index (Phi) is 4.19. The van der Waals surface area contributed by atoms with Crippen molar-refractivity contribution in [2.45, 2.75) is 6.92 Å². The van der Waals surface area contributed by atoms with Crippen LogP contribution in [0.4, 0.5) is 0 Å². The van der Waals surface area contributed by atoms with Gasteiger partial charge < -0.3 is 9.72 Å². The van der Waals surface area contributed by atoms with Crippen LogP contribution in [-0.4, -0.2) is 21.2 Å². The maximum Gasteiger partial charge on any atom is 0.332 e. The van der Waals surface area contributed by atoms with Crippen molar-refractivity contribution in [2.24, 2.45) is 14.1 Å². The fraction of sp³-hybridized carbons (Fsp3) is 0.182. The molecule has 4 rings (SSSR count). The zero-order valence-corrected chi connectivity index (χ0v) is 16.2. The molecule has 0 spiro atoms. The summed E-state index contributed by atoms with van der Waals surface area (Å²) in [6, 6.07) is 15.6. The Hall–Kier alpha value is -3.54. The van der Waals surface area contributed by atoms with Crippen LogP contribution >= 0.6 is 0 Å². The molecule has 0 amide bonds. The number of methoxy groups -OCH3 is 1. The predicted molar refractivity (Wildman–Crippen MR) is 111 cm³/mol. The maximum absolute atomic E-state index is 13.0. The zero-order chi connectivity index (χ0) is 20.0. The minimum absolute atomic E-state index is 0.321. The Labute approximate surface area is 161 Å². The second-order valence-corrected chi connectivity index (χ2v) is 6.90. The van der Waals surface area contributed by atoms with Gasteiger partial charge in [0, 0.05) is 19.7 Å². The maximum atomic E-state index is 13.0. The summed E-state index contributed by atoms with van der Waals surface area (Å²) in [5.41, 5.74) is 4.37. The van der Waals surface area contributed by atoms with Gasteiger partial charge in [-0.15, -0.1) is 0 Å². The normalized spacial score (nSPS) is 11.1. The first kappa shape index (κ1) is 17.9. The van der Waals surface area contributed by atoms with Crippen LogP contribution in [0.3, 0.4) is 0 Å². The molecule has 0 aliphatic carbocycles. The number of aromatic nitrogens is 3. The van der Waals surface area contributed by atoms with E-state index in [2.05, 4.69) is 4.98 Å². The van der Waals surface area contributed by atoms with Crippen LogP contribution in [0.15, 0.2) is 58.1 Å². The van der Waals surface area contributed by atoms with Crippen LogP contribution in [0.5, 0.6) is 5.75 Å². The Morgan fingerprint density at radius 1 is 0.857 bits per heavy atom. The van der Waals surface area contributed by atoms with Gasteiger partial charge in [-0.3, -0.25) is 13.9 Å². The minimum Gasteiger partial charge on any atom is -0.497 e. The van der Waals surface area contributed by atoms with E-state index in [-0.39, 0.29) is 11.2 Å². The van der Waals surface area contributed by atoms with E-state index in [1.807, 2.05) is 55.5 Å². The number of fused-ring (bicyclic) bond motifs is 1. The molecule has 142 valence electrons. The number of H-pyrrole nitrogens is 1. The molecule has 0 bridgehead atoms. The number of nitrogens with one attached hydrogen (secondary N) is 1. The third-order valence-electron chi connectivity index (χ3n) is 5.13. The third-order valence-corrected chi connectivity index (χ3v) is 5.13. The SMILES string of the molecule is COc1ccc(-c2c(-c3ccc(C)cc3)[nH]c3c2c(=O)n(C)c(=O)n3C)cc1. The number of rotatable bonds is 3. The first-order valence-corrected chi connectivity index (χ1v) is 8.95. The second-order valence-electron chi connectivity index (χ2n) is 6.90. The molecule has 0 aliphatic heterocycles. The molecule has 2 aromatic heterocycles. The van der Waals surface area contributed by atoms with Gasteiger partial charge >= 0.3 is 5.69 Å². The summed E-state index contributed by atoms with van der Waals surface area (Å²) in [4.78, 5) is 28.8. The molecule has 0 fully saturated rings. The van der Waals surface area contributed by atoms with Crippen molar-refractivity contribution in [1.82, 2.24) is 14.1 Å². The van der Waals surface area contributed by atoms with Gasteiger partial charge in [-0.25, -0.2) is 4.79 Å². The van der Waals surface area contributed by atoms with Crippen molar-refractivity contribution in [1.29, 1.82) is 0 Å².